The summed E-state index contributed by atoms with van der Waals surface area (Å²) in [6.07, 6.45) is 5.00. The van der Waals surface area contributed by atoms with Crippen molar-refractivity contribution in [1.82, 2.24) is 10.2 Å². The second-order valence-corrected chi connectivity index (χ2v) is 7.15. The molecule has 1 amide bonds. The highest BCUT2D eigenvalue weighted by Crippen LogP contribution is 2.28. The van der Waals surface area contributed by atoms with Crippen LogP contribution in [0.1, 0.15) is 32.1 Å². The third kappa shape index (κ3) is 4.28. The van der Waals surface area contributed by atoms with Gasteiger partial charge in [-0.1, -0.05) is 31.0 Å². The zero-order valence-corrected chi connectivity index (χ0v) is 14.5. The first-order valence-electron chi connectivity index (χ1n) is 9.24. The molecule has 1 aliphatic carbocycles. The summed E-state index contributed by atoms with van der Waals surface area (Å²) in [4.78, 5) is 17.1. The summed E-state index contributed by atoms with van der Waals surface area (Å²) < 4.78 is 0. The van der Waals surface area contributed by atoms with E-state index in [1.54, 1.807) is 0 Å². The maximum Gasteiger partial charge on any atom is 0.221 e. The van der Waals surface area contributed by atoms with Crippen LogP contribution in [0.25, 0.3) is 0 Å². The number of amides is 1. The summed E-state index contributed by atoms with van der Waals surface area (Å²) in [6, 6.07) is 10.6. The number of carbonyl (C=O) groups excluding carboxylic acids is 1. The Morgan fingerprint density at radius 1 is 1.08 bits per heavy atom. The molecule has 0 spiro atoms. The molecule has 0 atom stereocenters. The van der Waals surface area contributed by atoms with Crippen molar-refractivity contribution < 1.29 is 4.79 Å². The summed E-state index contributed by atoms with van der Waals surface area (Å²) in [7, 11) is 0. The van der Waals surface area contributed by atoms with Crippen LogP contribution in [0, 0.1) is 0 Å². The van der Waals surface area contributed by atoms with E-state index in [4.69, 9.17) is 5.73 Å². The van der Waals surface area contributed by atoms with Crippen molar-refractivity contribution in [3.8, 4) is 0 Å². The average Bonchev–Trinajstić information content (AvgIpc) is 3.10. The van der Waals surface area contributed by atoms with E-state index in [-0.39, 0.29) is 11.4 Å². The third-order valence-corrected chi connectivity index (χ3v) is 5.50. The van der Waals surface area contributed by atoms with E-state index in [1.165, 1.54) is 18.5 Å². The quantitative estimate of drug-likeness (QED) is 0.831. The van der Waals surface area contributed by atoms with Crippen LogP contribution in [-0.4, -0.2) is 55.6 Å². The van der Waals surface area contributed by atoms with Crippen molar-refractivity contribution in [3.63, 3.8) is 0 Å². The van der Waals surface area contributed by atoms with Gasteiger partial charge in [0, 0.05) is 51.4 Å². The minimum Gasteiger partial charge on any atom is -0.369 e. The predicted molar refractivity (Wildman–Crippen MR) is 98.1 cm³/mol. The number of nitrogens with zero attached hydrogens (tertiary/aromatic N) is 2. The lowest BCUT2D eigenvalue weighted by molar-refractivity contribution is -0.123. The van der Waals surface area contributed by atoms with Crippen molar-refractivity contribution in [1.29, 1.82) is 0 Å². The number of benzene rings is 1. The Bertz CT molecular complexity index is 519. The molecule has 0 radical (unpaired) electrons. The average molecular weight is 330 g/mol. The van der Waals surface area contributed by atoms with Crippen molar-refractivity contribution in [3.05, 3.63) is 30.3 Å². The summed E-state index contributed by atoms with van der Waals surface area (Å²) in [5.74, 6) is 0.160. The fraction of sp³-hybridized carbons (Fsp3) is 0.632. The van der Waals surface area contributed by atoms with Gasteiger partial charge in [-0.2, -0.15) is 0 Å². The van der Waals surface area contributed by atoms with E-state index in [0.29, 0.717) is 13.0 Å². The number of anilines is 1. The summed E-state index contributed by atoms with van der Waals surface area (Å²) in [6.45, 7) is 5.49. The molecule has 2 aliphatic rings. The lowest BCUT2D eigenvalue weighted by Crippen LogP contribution is -2.52. The number of rotatable bonds is 6. The molecule has 5 nitrogen and oxygen atoms in total. The molecule has 5 heteroatoms. The van der Waals surface area contributed by atoms with Gasteiger partial charge in [0.05, 0.1) is 5.54 Å². The normalized spacial score (nSPS) is 21.0. The van der Waals surface area contributed by atoms with Gasteiger partial charge in [0.2, 0.25) is 5.91 Å². The fourth-order valence-corrected chi connectivity index (χ4v) is 3.92. The molecule has 1 aliphatic heterocycles. The molecule has 0 aromatic heterocycles. The molecule has 132 valence electrons. The van der Waals surface area contributed by atoms with Gasteiger partial charge in [0.1, 0.15) is 0 Å². The third-order valence-electron chi connectivity index (χ3n) is 5.50. The Morgan fingerprint density at radius 3 is 2.38 bits per heavy atom. The highest BCUT2D eigenvalue weighted by atomic mass is 16.1. The highest BCUT2D eigenvalue weighted by molar-refractivity contribution is 5.77. The van der Waals surface area contributed by atoms with E-state index in [1.807, 2.05) is 0 Å². The van der Waals surface area contributed by atoms with Crippen LogP contribution in [0.3, 0.4) is 0 Å². The summed E-state index contributed by atoms with van der Waals surface area (Å²) in [5, 5.41) is 3.22. The molecule has 1 heterocycles. The Labute approximate surface area is 145 Å². The molecule has 1 saturated carbocycles. The molecular weight excluding hydrogens is 300 g/mol. The van der Waals surface area contributed by atoms with Gasteiger partial charge in [-0.25, -0.2) is 0 Å². The van der Waals surface area contributed by atoms with Crippen LogP contribution in [0.2, 0.25) is 0 Å². The van der Waals surface area contributed by atoms with Crippen LogP contribution in [0.15, 0.2) is 30.3 Å². The number of hydrogen-bond donors (Lipinski definition) is 2. The first-order chi connectivity index (χ1) is 11.7. The second kappa shape index (κ2) is 7.99. The summed E-state index contributed by atoms with van der Waals surface area (Å²) in [5.41, 5.74) is 7.07. The number of hydrogen-bond acceptors (Lipinski definition) is 4. The van der Waals surface area contributed by atoms with Crippen molar-refractivity contribution in [2.75, 3.05) is 44.2 Å². The fourth-order valence-electron chi connectivity index (χ4n) is 3.92. The molecule has 3 rings (SSSR count). The zero-order valence-electron chi connectivity index (χ0n) is 14.5. The molecule has 24 heavy (non-hydrogen) atoms. The lowest BCUT2D eigenvalue weighted by atomic mass is 9.97. The number of carbonyl (C=O) groups is 1. The Morgan fingerprint density at radius 2 is 1.75 bits per heavy atom. The monoisotopic (exact) mass is 330 g/mol. The Hall–Kier alpha value is -1.59. The van der Waals surface area contributed by atoms with Crippen LogP contribution in [0.4, 0.5) is 5.69 Å². The van der Waals surface area contributed by atoms with E-state index in [0.717, 1.165) is 45.6 Å². The lowest BCUT2D eigenvalue weighted by Gasteiger charge is -2.36. The molecule has 1 saturated heterocycles. The molecule has 1 aromatic carbocycles. The van der Waals surface area contributed by atoms with E-state index >= 15 is 0 Å². The van der Waals surface area contributed by atoms with E-state index < -0.39 is 0 Å². The Balaban J connectivity index is 1.39. The SMILES string of the molecule is NCC1(NC(=O)CCN2CCN(c3ccccc3)CC2)CCCC1. The van der Waals surface area contributed by atoms with Crippen molar-refractivity contribution in [2.45, 2.75) is 37.6 Å². The van der Waals surface area contributed by atoms with Crippen LogP contribution in [0.5, 0.6) is 0 Å². The van der Waals surface area contributed by atoms with Gasteiger partial charge >= 0.3 is 0 Å². The van der Waals surface area contributed by atoms with Gasteiger partial charge < -0.3 is 16.0 Å². The van der Waals surface area contributed by atoms with Crippen LogP contribution in [-0.2, 0) is 4.79 Å². The van der Waals surface area contributed by atoms with Crippen LogP contribution < -0.4 is 16.0 Å². The zero-order chi connectivity index (χ0) is 16.8. The van der Waals surface area contributed by atoms with Gasteiger partial charge in [-0.05, 0) is 25.0 Å². The van der Waals surface area contributed by atoms with Gasteiger partial charge in [0.25, 0.3) is 0 Å². The maximum absolute atomic E-state index is 12.3. The van der Waals surface area contributed by atoms with E-state index in [9.17, 15) is 4.79 Å². The minimum atomic E-state index is -0.122. The summed E-state index contributed by atoms with van der Waals surface area (Å²) >= 11 is 0. The molecule has 0 bridgehead atoms. The topological polar surface area (TPSA) is 61.6 Å². The standard InChI is InChI=1S/C19H30N4O/c20-16-19(9-4-5-10-19)21-18(24)8-11-22-12-14-23(15-13-22)17-6-2-1-3-7-17/h1-3,6-7H,4-5,8-16,20H2,(H,21,24). The van der Waals surface area contributed by atoms with Gasteiger partial charge in [-0.3, -0.25) is 9.69 Å². The number of nitrogens with two attached hydrogens (primary N) is 1. The molecule has 1 aromatic rings. The molecule has 0 unspecified atom stereocenters. The van der Waals surface area contributed by atoms with Gasteiger partial charge in [-0.15, -0.1) is 0 Å². The second-order valence-electron chi connectivity index (χ2n) is 7.15. The largest absolute Gasteiger partial charge is 0.369 e. The number of para-hydroxylation sites is 1. The number of piperazine rings is 1. The van der Waals surface area contributed by atoms with E-state index in [2.05, 4.69) is 45.4 Å². The van der Waals surface area contributed by atoms with Gasteiger partial charge in [0.15, 0.2) is 0 Å². The highest BCUT2D eigenvalue weighted by Gasteiger charge is 2.33. The first kappa shape index (κ1) is 17.2. The minimum absolute atomic E-state index is 0.122. The first-order valence-corrected chi connectivity index (χ1v) is 9.24. The Kier molecular flexibility index (Phi) is 5.74. The molecule has 2 fully saturated rings. The maximum atomic E-state index is 12.3. The van der Waals surface area contributed by atoms with Crippen molar-refractivity contribution in [2.24, 2.45) is 5.73 Å². The predicted octanol–water partition coefficient (Wildman–Crippen LogP) is 1.59. The smallest absolute Gasteiger partial charge is 0.221 e. The number of nitrogens with one attached hydrogen (secondary N) is 1. The van der Waals surface area contributed by atoms with Crippen LogP contribution >= 0.6 is 0 Å². The van der Waals surface area contributed by atoms with Crippen molar-refractivity contribution >= 4 is 11.6 Å². The molecular formula is C19H30N4O. The molecule has 3 N–H and O–H groups in total.